The Kier molecular flexibility index (Phi) is 5.00. The highest BCUT2D eigenvalue weighted by molar-refractivity contribution is 5.47. The molecule has 3 rings (SSSR count). The molecule has 0 bridgehead atoms. The minimum Gasteiger partial charge on any atom is -0.484 e. The molecule has 0 spiro atoms. The molecule has 0 saturated heterocycles. The Balaban J connectivity index is 1.71. The van der Waals surface area contributed by atoms with Crippen molar-refractivity contribution < 1.29 is 9.15 Å². The third-order valence-corrected chi connectivity index (χ3v) is 3.87. The van der Waals surface area contributed by atoms with Gasteiger partial charge in [-0.1, -0.05) is 48.5 Å². The van der Waals surface area contributed by atoms with Gasteiger partial charge in [0.15, 0.2) is 6.61 Å². The fourth-order valence-electron chi connectivity index (χ4n) is 2.48. The lowest BCUT2D eigenvalue weighted by Crippen LogP contribution is -2.06. The third-order valence-electron chi connectivity index (χ3n) is 3.87. The Labute approximate surface area is 146 Å². The number of anilines is 1. The first-order valence-corrected chi connectivity index (χ1v) is 8.07. The van der Waals surface area contributed by atoms with Crippen LogP contribution in [-0.4, -0.2) is 4.98 Å². The van der Waals surface area contributed by atoms with E-state index in [1.54, 1.807) is 0 Å². The number of ether oxygens (including phenoxy) is 1. The van der Waals surface area contributed by atoms with E-state index in [9.17, 15) is 5.26 Å². The van der Waals surface area contributed by atoms with Crippen LogP contribution in [0.1, 0.15) is 35.7 Å². The van der Waals surface area contributed by atoms with Crippen molar-refractivity contribution in [2.24, 2.45) is 0 Å². The van der Waals surface area contributed by atoms with Gasteiger partial charge >= 0.3 is 0 Å². The number of nitrogens with one attached hydrogen (secondary N) is 1. The van der Waals surface area contributed by atoms with Crippen LogP contribution in [0.4, 0.5) is 5.88 Å². The van der Waals surface area contributed by atoms with Crippen molar-refractivity contribution in [1.82, 2.24) is 4.98 Å². The summed E-state index contributed by atoms with van der Waals surface area (Å²) in [7, 11) is 0. The molecule has 0 amide bonds. The predicted octanol–water partition coefficient (Wildman–Crippen LogP) is 4.61. The van der Waals surface area contributed by atoms with E-state index in [1.807, 2.05) is 68.4 Å². The molecule has 25 heavy (non-hydrogen) atoms. The first-order chi connectivity index (χ1) is 12.2. The molecule has 0 aliphatic carbocycles. The van der Waals surface area contributed by atoms with Crippen LogP contribution in [0, 0.1) is 18.3 Å². The van der Waals surface area contributed by atoms with E-state index >= 15 is 0 Å². The summed E-state index contributed by atoms with van der Waals surface area (Å²) in [4.78, 5) is 4.20. The number of hydrogen-bond acceptors (Lipinski definition) is 5. The molecule has 1 atom stereocenters. The SMILES string of the molecule is Cc1ccccc1OCc1nc(C#N)c(N[C@@H](C)c2ccccc2)o1. The number of benzene rings is 2. The topological polar surface area (TPSA) is 71.1 Å². The number of oxazole rings is 1. The van der Waals surface area contributed by atoms with Gasteiger partial charge in [0.05, 0.1) is 6.04 Å². The van der Waals surface area contributed by atoms with Crippen molar-refractivity contribution >= 4 is 5.88 Å². The van der Waals surface area contributed by atoms with Crippen LogP contribution in [0.25, 0.3) is 0 Å². The molecule has 0 aliphatic rings. The molecule has 0 aliphatic heterocycles. The van der Waals surface area contributed by atoms with Gasteiger partial charge in [-0.05, 0) is 31.0 Å². The molecule has 1 N–H and O–H groups in total. The quantitative estimate of drug-likeness (QED) is 0.713. The van der Waals surface area contributed by atoms with E-state index in [-0.39, 0.29) is 18.3 Å². The number of rotatable bonds is 6. The summed E-state index contributed by atoms with van der Waals surface area (Å²) in [6.07, 6.45) is 0. The minimum absolute atomic E-state index is 0.00798. The Bertz CT molecular complexity index is 881. The molecule has 5 nitrogen and oxygen atoms in total. The molecular weight excluding hydrogens is 314 g/mol. The standard InChI is InChI=1S/C20H19N3O2/c1-14-8-6-7-11-18(14)24-13-19-23-17(12-21)20(25-19)22-15(2)16-9-4-3-5-10-16/h3-11,15,22H,13H2,1-2H3/t15-/m0/s1. The van der Waals surface area contributed by atoms with Gasteiger partial charge < -0.3 is 14.5 Å². The van der Waals surface area contributed by atoms with Crippen LogP contribution in [0.15, 0.2) is 59.0 Å². The number of hydrogen-bond donors (Lipinski definition) is 1. The summed E-state index contributed by atoms with van der Waals surface area (Å²) in [5, 5.41) is 12.5. The molecule has 5 heteroatoms. The van der Waals surface area contributed by atoms with Crippen LogP contribution in [-0.2, 0) is 6.61 Å². The van der Waals surface area contributed by atoms with Crippen LogP contribution >= 0.6 is 0 Å². The van der Waals surface area contributed by atoms with Crippen LogP contribution in [0.2, 0.25) is 0 Å². The van der Waals surface area contributed by atoms with Gasteiger partial charge in [-0.15, -0.1) is 0 Å². The summed E-state index contributed by atoms with van der Waals surface area (Å²) in [5.41, 5.74) is 2.36. The van der Waals surface area contributed by atoms with Gasteiger partial charge in [0.25, 0.3) is 0 Å². The zero-order valence-corrected chi connectivity index (χ0v) is 14.2. The van der Waals surface area contributed by atoms with E-state index in [2.05, 4.69) is 16.4 Å². The summed E-state index contributed by atoms with van der Waals surface area (Å²) in [5.74, 6) is 1.50. The lowest BCUT2D eigenvalue weighted by atomic mass is 10.1. The van der Waals surface area contributed by atoms with Crippen molar-refractivity contribution in [2.75, 3.05) is 5.32 Å². The largest absolute Gasteiger partial charge is 0.484 e. The number of nitriles is 1. The normalized spacial score (nSPS) is 11.6. The fourth-order valence-corrected chi connectivity index (χ4v) is 2.48. The van der Waals surface area contributed by atoms with Crippen molar-refractivity contribution in [3.05, 3.63) is 77.3 Å². The van der Waals surface area contributed by atoms with Gasteiger partial charge in [0.2, 0.25) is 17.5 Å². The predicted molar refractivity (Wildman–Crippen MR) is 95.2 cm³/mol. The number of para-hydroxylation sites is 1. The summed E-state index contributed by atoms with van der Waals surface area (Å²) < 4.78 is 11.4. The maximum absolute atomic E-state index is 9.29. The minimum atomic E-state index is -0.00798. The highest BCUT2D eigenvalue weighted by Gasteiger charge is 2.16. The van der Waals surface area contributed by atoms with Crippen LogP contribution in [0.3, 0.4) is 0 Å². The van der Waals surface area contributed by atoms with Crippen molar-refractivity contribution in [2.45, 2.75) is 26.5 Å². The Morgan fingerprint density at radius 3 is 2.60 bits per heavy atom. The summed E-state index contributed by atoms with van der Waals surface area (Å²) in [6, 6.07) is 19.7. The highest BCUT2D eigenvalue weighted by atomic mass is 16.5. The average Bonchev–Trinajstić information content (AvgIpc) is 3.03. The zero-order chi connectivity index (χ0) is 17.6. The second-order valence-electron chi connectivity index (χ2n) is 5.73. The van der Waals surface area contributed by atoms with Crippen LogP contribution < -0.4 is 10.1 Å². The first-order valence-electron chi connectivity index (χ1n) is 8.07. The number of aryl methyl sites for hydroxylation is 1. The highest BCUT2D eigenvalue weighted by Crippen LogP contribution is 2.24. The molecule has 1 aromatic heterocycles. The lowest BCUT2D eigenvalue weighted by Gasteiger charge is -2.13. The van der Waals surface area contributed by atoms with E-state index in [4.69, 9.17) is 9.15 Å². The molecule has 1 heterocycles. The summed E-state index contributed by atoms with van der Waals surface area (Å²) in [6.45, 7) is 4.14. The molecule has 126 valence electrons. The van der Waals surface area contributed by atoms with Gasteiger partial charge in [-0.25, -0.2) is 0 Å². The smallest absolute Gasteiger partial charge is 0.236 e. The molecule has 0 saturated carbocycles. The van der Waals surface area contributed by atoms with E-state index in [1.165, 1.54) is 0 Å². The maximum atomic E-state index is 9.29. The Morgan fingerprint density at radius 1 is 1.16 bits per heavy atom. The van der Waals surface area contributed by atoms with Crippen molar-refractivity contribution in [3.8, 4) is 11.8 Å². The Hall–Kier alpha value is -3.26. The summed E-state index contributed by atoms with van der Waals surface area (Å²) >= 11 is 0. The third kappa shape index (κ3) is 3.99. The molecule has 0 radical (unpaired) electrons. The molecule has 3 aromatic rings. The fraction of sp³-hybridized carbons (Fsp3) is 0.200. The number of aromatic nitrogens is 1. The van der Waals surface area contributed by atoms with Crippen molar-refractivity contribution in [1.29, 1.82) is 5.26 Å². The molecule has 2 aromatic carbocycles. The Morgan fingerprint density at radius 2 is 1.88 bits per heavy atom. The average molecular weight is 333 g/mol. The van der Waals surface area contributed by atoms with E-state index in [0.29, 0.717) is 11.8 Å². The molecule has 0 unspecified atom stereocenters. The monoisotopic (exact) mass is 333 g/mol. The second kappa shape index (κ2) is 7.54. The van der Waals surface area contributed by atoms with E-state index < -0.39 is 0 Å². The van der Waals surface area contributed by atoms with Gasteiger partial charge in [-0.2, -0.15) is 10.2 Å². The van der Waals surface area contributed by atoms with E-state index in [0.717, 1.165) is 16.9 Å². The lowest BCUT2D eigenvalue weighted by molar-refractivity contribution is 0.263. The second-order valence-corrected chi connectivity index (χ2v) is 5.73. The zero-order valence-electron chi connectivity index (χ0n) is 14.2. The van der Waals surface area contributed by atoms with Gasteiger partial charge in [-0.3, -0.25) is 0 Å². The van der Waals surface area contributed by atoms with Crippen molar-refractivity contribution in [3.63, 3.8) is 0 Å². The molecule has 0 fully saturated rings. The molecular formula is C20H19N3O2. The van der Waals surface area contributed by atoms with Gasteiger partial charge in [0.1, 0.15) is 11.8 Å². The van der Waals surface area contributed by atoms with Crippen LogP contribution in [0.5, 0.6) is 5.75 Å². The maximum Gasteiger partial charge on any atom is 0.236 e. The van der Waals surface area contributed by atoms with Gasteiger partial charge in [0, 0.05) is 0 Å². The first kappa shape index (κ1) is 16.6. The number of nitrogens with zero attached hydrogens (tertiary/aromatic N) is 2.